The fourth-order valence-corrected chi connectivity index (χ4v) is 3.06. The maximum absolute atomic E-state index is 12.1. The number of carbonyl (C=O) groups is 1. The zero-order chi connectivity index (χ0) is 17.3. The maximum atomic E-state index is 12.1. The second-order valence-corrected chi connectivity index (χ2v) is 6.31. The summed E-state index contributed by atoms with van der Waals surface area (Å²) in [6.45, 7) is 8.01. The van der Waals surface area contributed by atoms with E-state index in [1.807, 2.05) is 29.3 Å². The lowest BCUT2D eigenvalue weighted by atomic mass is 10.2. The molecule has 1 fully saturated rings. The van der Waals surface area contributed by atoms with Gasteiger partial charge in [-0.05, 0) is 20.3 Å². The van der Waals surface area contributed by atoms with Crippen molar-refractivity contribution in [3.05, 3.63) is 23.0 Å². The Morgan fingerprint density at radius 1 is 1.42 bits per heavy atom. The van der Waals surface area contributed by atoms with Gasteiger partial charge < -0.3 is 15.0 Å². The normalized spacial score (nSPS) is 17.9. The van der Waals surface area contributed by atoms with Crippen LogP contribution in [0.3, 0.4) is 0 Å². The van der Waals surface area contributed by atoms with Crippen molar-refractivity contribution in [3.63, 3.8) is 0 Å². The van der Waals surface area contributed by atoms with E-state index in [2.05, 4.69) is 22.3 Å². The fourth-order valence-electron chi connectivity index (χ4n) is 3.06. The summed E-state index contributed by atoms with van der Waals surface area (Å²) in [6, 6.07) is 2.11. The number of hydrogen-bond donors (Lipinski definition) is 1. The molecule has 1 amide bonds. The van der Waals surface area contributed by atoms with Gasteiger partial charge in [0, 0.05) is 43.9 Å². The zero-order valence-electron chi connectivity index (χ0n) is 14.8. The van der Waals surface area contributed by atoms with Crippen LogP contribution in [0.5, 0.6) is 0 Å². The van der Waals surface area contributed by atoms with E-state index in [0.717, 1.165) is 34.8 Å². The topological polar surface area (TPSA) is 71.8 Å². The minimum atomic E-state index is 0.0782. The highest BCUT2D eigenvalue weighted by Crippen LogP contribution is 2.22. The maximum Gasteiger partial charge on any atom is 0.224 e. The van der Waals surface area contributed by atoms with Gasteiger partial charge in [-0.25, -0.2) is 4.98 Å². The Morgan fingerprint density at radius 2 is 2.21 bits per heavy atom. The summed E-state index contributed by atoms with van der Waals surface area (Å²) in [5, 5.41) is 8.08. The van der Waals surface area contributed by atoms with Crippen molar-refractivity contribution in [1.82, 2.24) is 19.5 Å². The third kappa shape index (κ3) is 3.08. The van der Waals surface area contributed by atoms with Crippen molar-refractivity contribution in [1.29, 1.82) is 0 Å². The molecule has 0 unspecified atom stereocenters. The van der Waals surface area contributed by atoms with E-state index in [1.54, 1.807) is 7.11 Å². The molecule has 2 aromatic rings. The molecule has 24 heavy (non-hydrogen) atoms. The second-order valence-electron chi connectivity index (χ2n) is 6.31. The molecule has 0 aliphatic carbocycles. The molecule has 0 bridgehead atoms. The minimum Gasteiger partial charge on any atom is -0.383 e. The van der Waals surface area contributed by atoms with Gasteiger partial charge >= 0.3 is 0 Å². The summed E-state index contributed by atoms with van der Waals surface area (Å²) in [4.78, 5) is 18.7. The lowest BCUT2D eigenvalue weighted by Crippen LogP contribution is -2.31. The van der Waals surface area contributed by atoms with Crippen LogP contribution in [0, 0.1) is 13.8 Å². The number of carbonyl (C=O) groups excluding carboxylic acids is 1. The van der Waals surface area contributed by atoms with Crippen LogP contribution in [0.25, 0.3) is 5.65 Å². The number of aromatic nitrogens is 3. The van der Waals surface area contributed by atoms with Gasteiger partial charge in [-0.3, -0.25) is 4.79 Å². The number of aryl methyl sites for hydroxylation is 3. The molecule has 0 saturated carbocycles. The van der Waals surface area contributed by atoms with E-state index in [9.17, 15) is 4.79 Å². The van der Waals surface area contributed by atoms with Gasteiger partial charge in [0.25, 0.3) is 0 Å². The predicted molar refractivity (Wildman–Crippen MR) is 92.3 cm³/mol. The smallest absolute Gasteiger partial charge is 0.224 e. The molecule has 1 N–H and O–H groups in total. The van der Waals surface area contributed by atoms with Crippen LogP contribution in [0.2, 0.25) is 0 Å². The van der Waals surface area contributed by atoms with Crippen LogP contribution >= 0.6 is 0 Å². The highest BCUT2D eigenvalue weighted by Gasteiger charge is 2.29. The average molecular weight is 331 g/mol. The van der Waals surface area contributed by atoms with Crippen molar-refractivity contribution in [2.75, 3.05) is 32.1 Å². The summed E-state index contributed by atoms with van der Waals surface area (Å²) < 4.78 is 6.93. The summed E-state index contributed by atoms with van der Waals surface area (Å²) in [7, 11) is 1.65. The Hall–Kier alpha value is -2.15. The Morgan fingerprint density at radius 3 is 2.92 bits per heavy atom. The minimum absolute atomic E-state index is 0.0782. The van der Waals surface area contributed by atoms with Crippen LogP contribution in [0.1, 0.15) is 30.3 Å². The lowest BCUT2D eigenvalue weighted by Gasteiger charge is -2.18. The first kappa shape index (κ1) is 16.7. The van der Waals surface area contributed by atoms with E-state index in [1.165, 1.54) is 0 Å². The molecule has 2 aromatic heterocycles. The largest absolute Gasteiger partial charge is 0.383 e. The van der Waals surface area contributed by atoms with Gasteiger partial charge in [-0.2, -0.15) is 9.61 Å². The number of rotatable bonds is 6. The van der Waals surface area contributed by atoms with Crippen LogP contribution in [0.15, 0.2) is 6.07 Å². The Kier molecular flexibility index (Phi) is 4.71. The number of ether oxygens (including phenoxy) is 1. The Balaban J connectivity index is 1.85. The molecule has 1 saturated heterocycles. The number of hydrogen-bond acceptors (Lipinski definition) is 5. The lowest BCUT2D eigenvalue weighted by molar-refractivity contribution is -0.128. The van der Waals surface area contributed by atoms with Gasteiger partial charge in [0.15, 0.2) is 5.65 Å². The first-order valence-corrected chi connectivity index (χ1v) is 8.42. The number of fused-ring (bicyclic) bond motifs is 1. The predicted octanol–water partition coefficient (Wildman–Crippen LogP) is 1.57. The number of nitrogens with zero attached hydrogens (tertiary/aromatic N) is 4. The van der Waals surface area contributed by atoms with Crippen molar-refractivity contribution < 1.29 is 9.53 Å². The third-order valence-corrected chi connectivity index (χ3v) is 4.60. The molecule has 1 atom stereocenters. The molecule has 0 aromatic carbocycles. The molecule has 3 heterocycles. The van der Waals surface area contributed by atoms with Crippen LogP contribution in [-0.4, -0.2) is 58.3 Å². The second kappa shape index (κ2) is 6.76. The highest BCUT2D eigenvalue weighted by atomic mass is 16.5. The van der Waals surface area contributed by atoms with E-state index < -0.39 is 0 Å². The van der Waals surface area contributed by atoms with E-state index in [4.69, 9.17) is 4.74 Å². The Labute approximate surface area is 142 Å². The van der Waals surface area contributed by atoms with Gasteiger partial charge in [0.2, 0.25) is 5.91 Å². The molecule has 1 aliphatic heterocycles. The first-order chi connectivity index (χ1) is 11.5. The molecular weight excluding hydrogens is 306 g/mol. The van der Waals surface area contributed by atoms with Crippen LogP contribution < -0.4 is 5.32 Å². The fraction of sp³-hybridized carbons (Fsp3) is 0.588. The van der Waals surface area contributed by atoms with Crippen molar-refractivity contribution in [2.45, 2.75) is 39.7 Å². The molecular formula is C17H25N5O2. The highest BCUT2D eigenvalue weighted by molar-refractivity contribution is 5.80. The van der Waals surface area contributed by atoms with E-state index in [-0.39, 0.29) is 11.9 Å². The van der Waals surface area contributed by atoms with Crippen LogP contribution in [-0.2, 0) is 16.0 Å². The third-order valence-electron chi connectivity index (χ3n) is 4.60. The van der Waals surface area contributed by atoms with Crippen molar-refractivity contribution in [3.8, 4) is 0 Å². The Bertz CT molecular complexity index is 755. The monoisotopic (exact) mass is 331 g/mol. The number of nitrogens with one attached hydrogen (secondary N) is 1. The SMILES string of the molecule is CCc1cc(N[C@H]2CC(=O)N(CCOC)C2)n2nc(C)c(C)c2n1. The number of amides is 1. The average Bonchev–Trinajstić information content (AvgIpc) is 3.06. The number of methoxy groups -OCH3 is 1. The molecule has 7 heteroatoms. The van der Waals surface area contributed by atoms with E-state index in [0.29, 0.717) is 26.1 Å². The molecule has 130 valence electrons. The van der Waals surface area contributed by atoms with E-state index >= 15 is 0 Å². The van der Waals surface area contributed by atoms with Gasteiger partial charge in [-0.1, -0.05) is 6.92 Å². The standard InChI is InChI=1S/C17H25N5O2/c1-5-13-8-15(22-17(19-13)11(2)12(3)20-22)18-14-9-16(23)21(10-14)6-7-24-4/h8,14,18H,5-7,9-10H2,1-4H3/t14-/m0/s1. The zero-order valence-corrected chi connectivity index (χ0v) is 14.8. The molecule has 7 nitrogen and oxygen atoms in total. The number of likely N-dealkylation sites (tertiary alicyclic amines) is 1. The van der Waals surface area contributed by atoms with Crippen molar-refractivity contribution in [2.24, 2.45) is 0 Å². The summed E-state index contributed by atoms with van der Waals surface area (Å²) in [5.74, 6) is 1.07. The summed E-state index contributed by atoms with van der Waals surface area (Å²) in [6.07, 6.45) is 1.35. The quantitative estimate of drug-likeness (QED) is 0.870. The van der Waals surface area contributed by atoms with Crippen LogP contribution in [0.4, 0.5) is 5.82 Å². The first-order valence-electron chi connectivity index (χ1n) is 8.42. The van der Waals surface area contributed by atoms with Crippen molar-refractivity contribution >= 4 is 17.4 Å². The van der Waals surface area contributed by atoms with Gasteiger partial charge in [0.05, 0.1) is 18.3 Å². The molecule has 0 radical (unpaired) electrons. The van der Waals surface area contributed by atoms with Gasteiger partial charge in [0.1, 0.15) is 5.82 Å². The molecule has 1 aliphatic rings. The van der Waals surface area contributed by atoms with Gasteiger partial charge in [-0.15, -0.1) is 0 Å². The summed E-state index contributed by atoms with van der Waals surface area (Å²) >= 11 is 0. The molecule has 0 spiro atoms. The summed E-state index contributed by atoms with van der Waals surface area (Å²) in [5.41, 5.74) is 3.98. The number of anilines is 1. The molecule has 3 rings (SSSR count).